The van der Waals surface area contributed by atoms with E-state index in [4.69, 9.17) is 0 Å². The van der Waals surface area contributed by atoms with Gasteiger partial charge in [-0.05, 0) is 38.2 Å². The van der Waals surface area contributed by atoms with Gasteiger partial charge in [0, 0.05) is 0 Å². The van der Waals surface area contributed by atoms with Gasteiger partial charge in [0.25, 0.3) is 5.91 Å². The highest BCUT2D eigenvalue weighted by molar-refractivity contribution is 7.80. The molecule has 1 aliphatic heterocycles. The number of nitrogens with one attached hydrogen (secondary N) is 2. The minimum absolute atomic E-state index is 0.271. The van der Waals surface area contributed by atoms with Crippen molar-refractivity contribution in [3.63, 3.8) is 0 Å². The summed E-state index contributed by atoms with van der Waals surface area (Å²) in [7, 11) is 0. The third kappa shape index (κ3) is 9.21. The van der Waals surface area contributed by atoms with E-state index in [-0.39, 0.29) is 5.91 Å². The molecule has 4 nitrogen and oxygen atoms in total. The molecule has 19 heavy (non-hydrogen) atoms. The number of imide groups is 1. The van der Waals surface area contributed by atoms with E-state index in [9.17, 15) is 9.59 Å². The molecule has 0 spiro atoms. The van der Waals surface area contributed by atoms with Gasteiger partial charge in [0.05, 0.1) is 0 Å². The van der Waals surface area contributed by atoms with Crippen LogP contribution in [-0.2, 0) is 4.79 Å². The molecule has 1 rings (SSSR count). The van der Waals surface area contributed by atoms with Crippen LogP contribution in [0.1, 0.15) is 52.4 Å². The molecule has 0 saturated carbocycles. The zero-order valence-corrected chi connectivity index (χ0v) is 13.7. The molecule has 1 saturated heterocycles. The van der Waals surface area contributed by atoms with Crippen LogP contribution in [0.5, 0.6) is 0 Å². The van der Waals surface area contributed by atoms with E-state index >= 15 is 0 Å². The third-order valence-corrected chi connectivity index (χ3v) is 3.42. The smallest absolute Gasteiger partial charge is 0.322 e. The van der Waals surface area contributed by atoms with E-state index < -0.39 is 11.6 Å². The second-order valence-corrected chi connectivity index (χ2v) is 6.00. The summed E-state index contributed by atoms with van der Waals surface area (Å²) in [6.07, 6.45) is 8.04. The van der Waals surface area contributed by atoms with Crippen molar-refractivity contribution in [1.29, 1.82) is 0 Å². The van der Waals surface area contributed by atoms with Gasteiger partial charge < -0.3 is 5.32 Å². The Labute approximate surface area is 127 Å². The summed E-state index contributed by atoms with van der Waals surface area (Å²) in [5.41, 5.74) is -0.725. The molecule has 0 aliphatic carbocycles. The van der Waals surface area contributed by atoms with E-state index in [1.807, 2.05) is 0 Å². The monoisotopic (exact) mass is 306 g/mol. The molecular formula is C13H26N2O2S2. The van der Waals surface area contributed by atoms with Gasteiger partial charge in [-0.1, -0.05) is 25.7 Å². The lowest BCUT2D eigenvalue weighted by Gasteiger charge is -2.11. The van der Waals surface area contributed by atoms with Crippen LogP contribution in [0.2, 0.25) is 0 Å². The highest BCUT2D eigenvalue weighted by Crippen LogP contribution is 2.06. The van der Waals surface area contributed by atoms with Crippen LogP contribution in [0.25, 0.3) is 0 Å². The normalized spacial score (nSPS) is 16.4. The topological polar surface area (TPSA) is 58.2 Å². The van der Waals surface area contributed by atoms with Gasteiger partial charge in [-0.25, -0.2) is 4.79 Å². The van der Waals surface area contributed by atoms with Gasteiger partial charge in [-0.15, -0.1) is 0 Å². The number of carbonyl (C=O) groups is 2. The van der Waals surface area contributed by atoms with Crippen molar-refractivity contribution in [3.05, 3.63) is 0 Å². The molecule has 6 heteroatoms. The number of unbranched alkanes of at least 4 members (excludes halogenated alkanes) is 5. The first-order chi connectivity index (χ1) is 8.94. The van der Waals surface area contributed by atoms with Crippen LogP contribution in [0.4, 0.5) is 4.79 Å². The van der Waals surface area contributed by atoms with Crippen LogP contribution >= 0.6 is 25.3 Å². The van der Waals surface area contributed by atoms with Gasteiger partial charge in [-0.3, -0.25) is 10.1 Å². The van der Waals surface area contributed by atoms with Crippen molar-refractivity contribution in [2.24, 2.45) is 0 Å². The maximum Gasteiger partial charge on any atom is 0.322 e. The average molecular weight is 306 g/mol. The van der Waals surface area contributed by atoms with E-state index in [2.05, 4.69) is 35.9 Å². The molecule has 1 fully saturated rings. The summed E-state index contributed by atoms with van der Waals surface area (Å²) in [4.78, 5) is 21.1. The fourth-order valence-electron chi connectivity index (χ4n) is 1.56. The maximum atomic E-state index is 10.7. The number of hydrogen-bond donors (Lipinski definition) is 4. The molecule has 0 unspecified atom stereocenters. The molecule has 0 aromatic heterocycles. The summed E-state index contributed by atoms with van der Waals surface area (Å²) in [6.45, 7) is 3.29. The van der Waals surface area contributed by atoms with Gasteiger partial charge in [0.15, 0.2) is 0 Å². The van der Waals surface area contributed by atoms with Crippen LogP contribution < -0.4 is 10.6 Å². The number of urea groups is 1. The van der Waals surface area contributed by atoms with Gasteiger partial charge in [0.1, 0.15) is 5.54 Å². The summed E-state index contributed by atoms with van der Waals surface area (Å²) >= 11 is 8.30. The molecule has 0 aromatic carbocycles. The number of carbonyl (C=O) groups excluding carboxylic acids is 2. The molecule has 3 amide bonds. The SMILES string of the molecule is CC1(C)NC(=O)NC1=O.SCCCCCCCCS. The van der Waals surface area contributed by atoms with Crippen molar-refractivity contribution in [2.45, 2.75) is 57.9 Å². The minimum atomic E-state index is -0.725. The highest BCUT2D eigenvalue weighted by atomic mass is 32.1. The summed E-state index contributed by atoms with van der Waals surface area (Å²) < 4.78 is 0. The Kier molecular flexibility index (Phi) is 10.2. The highest BCUT2D eigenvalue weighted by Gasteiger charge is 2.36. The van der Waals surface area contributed by atoms with Crippen molar-refractivity contribution >= 4 is 37.2 Å². The predicted molar refractivity (Wildman–Crippen MR) is 86.2 cm³/mol. The van der Waals surface area contributed by atoms with E-state index in [0.717, 1.165) is 11.5 Å². The Morgan fingerprint density at radius 2 is 1.32 bits per heavy atom. The Morgan fingerprint density at radius 3 is 1.53 bits per heavy atom. The second kappa shape index (κ2) is 10.4. The maximum absolute atomic E-state index is 10.7. The number of rotatable bonds is 7. The molecule has 0 bridgehead atoms. The second-order valence-electron chi connectivity index (χ2n) is 5.10. The van der Waals surface area contributed by atoms with Crippen molar-refractivity contribution in [2.75, 3.05) is 11.5 Å². The quantitative estimate of drug-likeness (QED) is 0.332. The molecule has 0 aromatic rings. The van der Waals surface area contributed by atoms with Gasteiger partial charge >= 0.3 is 6.03 Å². The Bertz CT molecular complexity index is 276. The molecule has 1 aliphatic rings. The minimum Gasteiger partial charge on any atom is -0.324 e. The molecule has 0 atom stereocenters. The first-order valence-corrected chi connectivity index (χ1v) is 8.06. The van der Waals surface area contributed by atoms with Crippen LogP contribution in [-0.4, -0.2) is 29.0 Å². The van der Waals surface area contributed by atoms with Crippen molar-refractivity contribution in [3.8, 4) is 0 Å². The Morgan fingerprint density at radius 1 is 0.895 bits per heavy atom. The molecule has 1 heterocycles. The zero-order valence-electron chi connectivity index (χ0n) is 11.9. The van der Waals surface area contributed by atoms with E-state index in [1.54, 1.807) is 13.8 Å². The summed E-state index contributed by atoms with van der Waals surface area (Å²) in [5, 5.41) is 4.56. The molecule has 112 valence electrons. The van der Waals surface area contributed by atoms with E-state index in [1.165, 1.54) is 38.5 Å². The number of hydrogen-bond acceptors (Lipinski definition) is 4. The third-order valence-electron chi connectivity index (χ3n) is 2.79. The standard InChI is InChI=1S/C8H18S2.C5H8N2O2/c9-7-5-3-1-2-4-6-8-10;1-5(2)3(8)6-4(9)7-5/h9-10H,1-8H2;1-2H3,(H2,6,7,8,9). The zero-order chi connectivity index (χ0) is 14.7. The molecule has 2 N–H and O–H groups in total. The van der Waals surface area contributed by atoms with Crippen LogP contribution in [0.15, 0.2) is 0 Å². The lowest BCUT2D eigenvalue weighted by Crippen LogP contribution is -2.39. The first kappa shape index (κ1) is 18.6. The Balaban J connectivity index is 0.000000342. The fraction of sp³-hybridized carbons (Fsp3) is 0.846. The fourth-order valence-corrected chi connectivity index (χ4v) is 2.01. The largest absolute Gasteiger partial charge is 0.324 e. The molecule has 0 radical (unpaired) electrons. The summed E-state index contributed by atoms with van der Waals surface area (Å²) in [5.74, 6) is 1.83. The van der Waals surface area contributed by atoms with Crippen LogP contribution in [0.3, 0.4) is 0 Å². The predicted octanol–water partition coefficient (Wildman–Crippen LogP) is 2.79. The summed E-state index contributed by atoms with van der Waals surface area (Å²) in [6, 6.07) is -0.412. The molecular weight excluding hydrogens is 280 g/mol. The van der Waals surface area contributed by atoms with E-state index in [0.29, 0.717) is 0 Å². The van der Waals surface area contributed by atoms with Crippen LogP contribution in [0, 0.1) is 0 Å². The van der Waals surface area contributed by atoms with Crippen molar-refractivity contribution in [1.82, 2.24) is 10.6 Å². The lowest BCUT2D eigenvalue weighted by molar-refractivity contribution is -0.122. The Hall–Kier alpha value is -0.360. The average Bonchev–Trinajstić information content (AvgIpc) is 2.56. The van der Waals surface area contributed by atoms with Gasteiger partial charge in [0.2, 0.25) is 0 Å². The number of amides is 3. The first-order valence-electron chi connectivity index (χ1n) is 6.79. The lowest BCUT2D eigenvalue weighted by atomic mass is 10.1. The number of thiol groups is 2. The van der Waals surface area contributed by atoms with Gasteiger partial charge in [-0.2, -0.15) is 25.3 Å². The van der Waals surface area contributed by atoms with Crippen molar-refractivity contribution < 1.29 is 9.59 Å².